The van der Waals surface area contributed by atoms with Crippen LogP contribution in [0.5, 0.6) is 0 Å². The Morgan fingerprint density at radius 1 is 1.25 bits per heavy atom. The number of halogens is 3. The molecule has 2 N–H and O–H groups in total. The summed E-state index contributed by atoms with van der Waals surface area (Å²) in [5, 5.41) is 0. The van der Waals surface area contributed by atoms with Crippen molar-refractivity contribution in [1.29, 1.82) is 0 Å². The zero-order valence-electron chi connectivity index (χ0n) is 6.71. The molecule has 0 bridgehead atoms. The zero-order valence-corrected chi connectivity index (χ0v) is 7.53. The van der Waals surface area contributed by atoms with Crippen LogP contribution < -0.4 is 5.73 Å². The molecular weight excluding hydrogens is 188 g/mol. The van der Waals surface area contributed by atoms with Crippen LogP contribution in [0.25, 0.3) is 0 Å². The molecule has 2 nitrogen and oxygen atoms in total. The average molecular weight is 202 g/mol. The first-order valence-electron chi connectivity index (χ1n) is 3.83. The number of ether oxygens (including phenoxy) is 1. The maximum Gasteiger partial charge on any atom is 0.253 e. The number of rotatable bonds is 2. The highest BCUT2D eigenvalue weighted by molar-refractivity contribution is 5.85. The highest BCUT2D eigenvalue weighted by Crippen LogP contribution is 2.20. The van der Waals surface area contributed by atoms with Gasteiger partial charge in [-0.25, -0.2) is 8.78 Å². The standard InChI is InChI=1S/C7H13F2NO.ClH/c8-7(9)6(10)5-1-3-11-4-2-5;/h5-7H,1-4,10H2;1H/t6-;/m0./s1. The molecule has 1 aliphatic heterocycles. The van der Waals surface area contributed by atoms with Gasteiger partial charge in [-0.2, -0.15) is 0 Å². The molecule has 0 aromatic carbocycles. The summed E-state index contributed by atoms with van der Waals surface area (Å²) in [7, 11) is 0. The van der Waals surface area contributed by atoms with Gasteiger partial charge in [0.15, 0.2) is 0 Å². The van der Waals surface area contributed by atoms with Gasteiger partial charge in [-0.05, 0) is 18.8 Å². The molecule has 0 aromatic heterocycles. The number of hydrogen-bond acceptors (Lipinski definition) is 2. The minimum atomic E-state index is -2.39. The van der Waals surface area contributed by atoms with Crippen LogP contribution in [0.3, 0.4) is 0 Å². The molecule has 0 aliphatic carbocycles. The SMILES string of the molecule is Cl.N[C@H](C(F)F)C1CCOCC1. The Morgan fingerprint density at radius 3 is 2.17 bits per heavy atom. The van der Waals surface area contributed by atoms with E-state index in [4.69, 9.17) is 10.5 Å². The van der Waals surface area contributed by atoms with Gasteiger partial charge in [0.2, 0.25) is 0 Å². The van der Waals surface area contributed by atoms with Crippen LogP contribution in [0, 0.1) is 5.92 Å². The van der Waals surface area contributed by atoms with Crippen molar-refractivity contribution in [2.75, 3.05) is 13.2 Å². The van der Waals surface area contributed by atoms with Crippen molar-refractivity contribution in [3.8, 4) is 0 Å². The lowest BCUT2D eigenvalue weighted by molar-refractivity contribution is 0.0209. The summed E-state index contributed by atoms with van der Waals surface area (Å²) in [6.45, 7) is 1.15. The molecule has 1 fully saturated rings. The van der Waals surface area contributed by atoms with E-state index >= 15 is 0 Å². The Hall–Kier alpha value is 0.0700. The lowest BCUT2D eigenvalue weighted by Gasteiger charge is -2.26. The lowest BCUT2D eigenvalue weighted by Crippen LogP contribution is -2.39. The maximum absolute atomic E-state index is 12.0. The van der Waals surface area contributed by atoms with Crippen LogP contribution in [0.2, 0.25) is 0 Å². The Labute approximate surface area is 76.9 Å². The number of nitrogens with two attached hydrogens (primary N) is 1. The second kappa shape index (κ2) is 5.67. The van der Waals surface area contributed by atoms with Crippen LogP contribution in [0.15, 0.2) is 0 Å². The first-order valence-corrected chi connectivity index (χ1v) is 3.83. The van der Waals surface area contributed by atoms with Gasteiger partial charge >= 0.3 is 0 Å². The molecule has 1 atom stereocenters. The first kappa shape index (κ1) is 12.1. The second-order valence-electron chi connectivity index (χ2n) is 2.86. The van der Waals surface area contributed by atoms with E-state index in [-0.39, 0.29) is 18.3 Å². The van der Waals surface area contributed by atoms with E-state index in [0.29, 0.717) is 26.1 Å². The van der Waals surface area contributed by atoms with Crippen molar-refractivity contribution in [1.82, 2.24) is 0 Å². The van der Waals surface area contributed by atoms with Gasteiger partial charge < -0.3 is 10.5 Å². The number of alkyl halides is 2. The van der Waals surface area contributed by atoms with Gasteiger partial charge in [-0.1, -0.05) is 0 Å². The molecule has 0 saturated carbocycles. The van der Waals surface area contributed by atoms with Crippen LogP contribution >= 0.6 is 12.4 Å². The molecule has 1 rings (SSSR count). The van der Waals surface area contributed by atoms with Gasteiger partial charge in [0.25, 0.3) is 6.43 Å². The zero-order chi connectivity index (χ0) is 8.27. The minimum absolute atomic E-state index is 0. The molecule has 0 unspecified atom stereocenters. The quantitative estimate of drug-likeness (QED) is 0.734. The van der Waals surface area contributed by atoms with E-state index in [1.807, 2.05) is 0 Å². The molecule has 0 spiro atoms. The summed E-state index contributed by atoms with van der Waals surface area (Å²) in [4.78, 5) is 0. The molecule has 1 aliphatic rings. The predicted octanol–water partition coefficient (Wildman–Crippen LogP) is 1.43. The largest absolute Gasteiger partial charge is 0.381 e. The van der Waals surface area contributed by atoms with Crippen molar-refractivity contribution in [2.24, 2.45) is 11.7 Å². The van der Waals surface area contributed by atoms with Gasteiger partial charge in [0, 0.05) is 13.2 Å². The predicted molar refractivity (Wildman–Crippen MR) is 44.8 cm³/mol. The lowest BCUT2D eigenvalue weighted by atomic mass is 9.93. The Balaban J connectivity index is 0.00000121. The van der Waals surface area contributed by atoms with Crippen LogP contribution in [0.1, 0.15) is 12.8 Å². The van der Waals surface area contributed by atoms with E-state index < -0.39 is 12.5 Å². The van der Waals surface area contributed by atoms with Crippen molar-refractivity contribution >= 4 is 12.4 Å². The molecule has 5 heteroatoms. The highest BCUT2D eigenvalue weighted by Gasteiger charge is 2.27. The van der Waals surface area contributed by atoms with Crippen LogP contribution in [-0.2, 0) is 4.74 Å². The first-order chi connectivity index (χ1) is 5.22. The van der Waals surface area contributed by atoms with Gasteiger partial charge in [-0.3, -0.25) is 0 Å². The van der Waals surface area contributed by atoms with E-state index in [1.54, 1.807) is 0 Å². The third-order valence-electron chi connectivity index (χ3n) is 2.10. The smallest absolute Gasteiger partial charge is 0.253 e. The third-order valence-corrected chi connectivity index (χ3v) is 2.10. The van der Waals surface area contributed by atoms with E-state index in [9.17, 15) is 8.78 Å². The second-order valence-corrected chi connectivity index (χ2v) is 2.86. The fraction of sp³-hybridized carbons (Fsp3) is 1.00. The fourth-order valence-corrected chi connectivity index (χ4v) is 1.31. The van der Waals surface area contributed by atoms with E-state index in [2.05, 4.69) is 0 Å². The van der Waals surface area contributed by atoms with Gasteiger partial charge in [0.05, 0.1) is 6.04 Å². The van der Waals surface area contributed by atoms with Gasteiger partial charge in [-0.15, -0.1) is 12.4 Å². The Kier molecular flexibility index (Phi) is 5.70. The maximum atomic E-state index is 12.0. The van der Waals surface area contributed by atoms with Crippen molar-refractivity contribution in [3.63, 3.8) is 0 Å². The van der Waals surface area contributed by atoms with Crippen molar-refractivity contribution in [2.45, 2.75) is 25.3 Å². The summed E-state index contributed by atoms with van der Waals surface area (Å²) < 4.78 is 29.1. The summed E-state index contributed by atoms with van der Waals surface area (Å²) in [6.07, 6.45) is -1.05. The van der Waals surface area contributed by atoms with Gasteiger partial charge in [0.1, 0.15) is 0 Å². The highest BCUT2D eigenvalue weighted by atomic mass is 35.5. The van der Waals surface area contributed by atoms with Crippen molar-refractivity contribution < 1.29 is 13.5 Å². The number of hydrogen-bond donors (Lipinski definition) is 1. The molecule has 0 aromatic rings. The summed E-state index contributed by atoms with van der Waals surface area (Å²) in [5.74, 6) is -0.0521. The normalized spacial score (nSPS) is 22.0. The molecule has 1 saturated heterocycles. The topological polar surface area (TPSA) is 35.2 Å². The summed E-state index contributed by atoms with van der Waals surface area (Å²) >= 11 is 0. The molecule has 1 heterocycles. The Bertz CT molecular complexity index is 120. The molecule has 0 radical (unpaired) electrons. The molecular formula is C7H14ClF2NO. The minimum Gasteiger partial charge on any atom is -0.381 e. The van der Waals surface area contributed by atoms with Crippen LogP contribution in [0.4, 0.5) is 8.78 Å². The summed E-state index contributed by atoms with van der Waals surface area (Å²) in [6, 6.07) is -0.959. The monoisotopic (exact) mass is 201 g/mol. The summed E-state index contributed by atoms with van der Waals surface area (Å²) in [5.41, 5.74) is 5.29. The van der Waals surface area contributed by atoms with E-state index in [1.165, 1.54) is 0 Å². The molecule has 74 valence electrons. The fourth-order valence-electron chi connectivity index (χ4n) is 1.31. The van der Waals surface area contributed by atoms with Crippen molar-refractivity contribution in [3.05, 3.63) is 0 Å². The Morgan fingerprint density at radius 2 is 1.75 bits per heavy atom. The van der Waals surface area contributed by atoms with Crippen LogP contribution in [-0.4, -0.2) is 25.7 Å². The molecule has 12 heavy (non-hydrogen) atoms. The van der Waals surface area contributed by atoms with E-state index in [0.717, 1.165) is 0 Å². The average Bonchev–Trinajstić information content (AvgIpc) is 2.05. The third kappa shape index (κ3) is 3.21. The molecule has 0 amide bonds.